The van der Waals surface area contributed by atoms with Crippen LogP contribution in [0.2, 0.25) is 0 Å². The van der Waals surface area contributed by atoms with E-state index in [1.165, 1.54) is 0 Å². The van der Waals surface area contributed by atoms with Gasteiger partial charge in [0, 0.05) is 18.7 Å². The SMILES string of the molecule is CCN(CC)CCN(C(=O)c1cc(C)ccc1C)c1nc2ccccc2s1.Cl. The molecule has 0 spiro atoms. The topological polar surface area (TPSA) is 36.4 Å². The predicted molar refractivity (Wildman–Crippen MR) is 122 cm³/mol. The number of hydrogen-bond acceptors (Lipinski definition) is 4. The number of nitrogens with zero attached hydrogens (tertiary/aromatic N) is 3. The molecule has 1 aromatic heterocycles. The van der Waals surface area contributed by atoms with Crippen molar-refractivity contribution in [3.05, 3.63) is 59.2 Å². The van der Waals surface area contributed by atoms with Gasteiger partial charge in [-0.3, -0.25) is 9.69 Å². The van der Waals surface area contributed by atoms with Crippen LogP contribution in [0.3, 0.4) is 0 Å². The highest BCUT2D eigenvalue weighted by molar-refractivity contribution is 7.22. The zero-order chi connectivity index (χ0) is 19.4. The Morgan fingerprint density at radius 1 is 1.04 bits per heavy atom. The van der Waals surface area contributed by atoms with E-state index in [9.17, 15) is 4.79 Å². The largest absolute Gasteiger partial charge is 0.302 e. The van der Waals surface area contributed by atoms with Gasteiger partial charge in [-0.05, 0) is 50.7 Å². The van der Waals surface area contributed by atoms with Crippen LogP contribution < -0.4 is 4.90 Å². The Morgan fingerprint density at radius 3 is 2.43 bits per heavy atom. The number of aromatic nitrogens is 1. The number of benzene rings is 2. The standard InChI is InChI=1S/C22H27N3OS.ClH/c1-5-24(6-2)13-14-25(21(26)18-15-16(3)11-12-17(18)4)22-23-19-9-7-8-10-20(19)27-22;/h7-12,15H,5-6,13-14H2,1-4H3;1H. The first-order chi connectivity index (χ1) is 13.0. The van der Waals surface area contributed by atoms with Gasteiger partial charge in [-0.2, -0.15) is 0 Å². The molecule has 0 fully saturated rings. The van der Waals surface area contributed by atoms with Crippen molar-refractivity contribution >= 4 is 45.0 Å². The summed E-state index contributed by atoms with van der Waals surface area (Å²) in [5.41, 5.74) is 3.80. The highest BCUT2D eigenvalue weighted by atomic mass is 35.5. The average Bonchev–Trinajstić information content (AvgIpc) is 3.10. The number of halogens is 1. The first kappa shape index (κ1) is 22.3. The van der Waals surface area contributed by atoms with Crippen molar-refractivity contribution in [3.8, 4) is 0 Å². The second-order valence-corrected chi connectivity index (χ2v) is 7.78. The van der Waals surface area contributed by atoms with E-state index in [0.717, 1.165) is 51.7 Å². The molecule has 0 aliphatic rings. The van der Waals surface area contributed by atoms with Crippen LogP contribution in [0.1, 0.15) is 35.3 Å². The third-order valence-corrected chi connectivity index (χ3v) is 5.98. The fourth-order valence-electron chi connectivity index (χ4n) is 3.15. The van der Waals surface area contributed by atoms with Gasteiger partial charge < -0.3 is 4.90 Å². The third kappa shape index (κ3) is 4.90. The fraction of sp³-hybridized carbons (Fsp3) is 0.364. The van der Waals surface area contributed by atoms with Crippen molar-refractivity contribution in [2.45, 2.75) is 27.7 Å². The third-order valence-electron chi connectivity index (χ3n) is 4.92. The number of thiazole rings is 1. The number of carbonyl (C=O) groups excluding carboxylic acids is 1. The normalized spacial score (nSPS) is 10.9. The summed E-state index contributed by atoms with van der Waals surface area (Å²) in [6.07, 6.45) is 0. The van der Waals surface area contributed by atoms with Gasteiger partial charge in [-0.25, -0.2) is 4.98 Å². The Balaban J connectivity index is 0.00000280. The second-order valence-electron chi connectivity index (χ2n) is 6.77. The number of fused-ring (bicyclic) bond motifs is 1. The van der Waals surface area contributed by atoms with Crippen molar-refractivity contribution in [3.63, 3.8) is 0 Å². The van der Waals surface area contributed by atoms with Crippen LogP contribution in [0.5, 0.6) is 0 Å². The summed E-state index contributed by atoms with van der Waals surface area (Å²) in [5, 5.41) is 0.772. The number of carbonyl (C=O) groups is 1. The maximum absolute atomic E-state index is 13.5. The van der Waals surface area contributed by atoms with Gasteiger partial charge in [0.05, 0.1) is 10.2 Å². The molecular weight excluding hydrogens is 390 g/mol. The Bertz CT molecular complexity index is 903. The molecule has 150 valence electrons. The highest BCUT2D eigenvalue weighted by Gasteiger charge is 2.23. The van der Waals surface area contributed by atoms with Crippen molar-refractivity contribution in [2.24, 2.45) is 0 Å². The lowest BCUT2D eigenvalue weighted by Gasteiger charge is -2.25. The van der Waals surface area contributed by atoms with Crippen LogP contribution in [-0.2, 0) is 0 Å². The van der Waals surface area contributed by atoms with E-state index in [4.69, 9.17) is 4.98 Å². The Kier molecular flexibility index (Phi) is 7.98. The number of likely N-dealkylation sites (N-methyl/N-ethyl adjacent to an activating group) is 1. The van der Waals surface area contributed by atoms with Crippen molar-refractivity contribution in [2.75, 3.05) is 31.1 Å². The fourth-order valence-corrected chi connectivity index (χ4v) is 4.14. The van der Waals surface area contributed by atoms with Gasteiger partial charge in [-0.15, -0.1) is 12.4 Å². The van der Waals surface area contributed by atoms with Crippen LogP contribution in [0.4, 0.5) is 5.13 Å². The van der Waals surface area contributed by atoms with Crippen LogP contribution in [0.25, 0.3) is 10.2 Å². The van der Waals surface area contributed by atoms with Gasteiger partial charge in [0.2, 0.25) is 0 Å². The summed E-state index contributed by atoms with van der Waals surface area (Å²) < 4.78 is 1.11. The molecule has 0 aliphatic carbocycles. The number of aryl methyl sites for hydroxylation is 2. The zero-order valence-corrected chi connectivity index (χ0v) is 18.6. The van der Waals surface area contributed by atoms with Crippen molar-refractivity contribution in [1.29, 1.82) is 0 Å². The average molecular weight is 418 g/mol. The number of anilines is 1. The predicted octanol–water partition coefficient (Wildman–Crippen LogP) is 5.32. The summed E-state index contributed by atoms with van der Waals surface area (Å²) in [6.45, 7) is 11.7. The maximum Gasteiger partial charge on any atom is 0.260 e. The summed E-state index contributed by atoms with van der Waals surface area (Å²) >= 11 is 1.58. The molecule has 0 aliphatic heterocycles. The molecule has 0 bridgehead atoms. The molecule has 1 heterocycles. The lowest BCUT2D eigenvalue weighted by Crippen LogP contribution is -2.39. The van der Waals surface area contributed by atoms with E-state index in [2.05, 4.69) is 24.8 Å². The smallest absolute Gasteiger partial charge is 0.260 e. The number of amides is 1. The lowest BCUT2D eigenvalue weighted by atomic mass is 10.0. The first-order valence-corrected chi connectivity index (χ1v) is 10.3. The molecule has 3 rings (SSSR count). The molecule has 1 amide bonds. The van der Waals surface area contributed by atoms with Gasteiger partial charge in [0.25, 0.3) is 5.91 Å². The van der Waals surface area contributed by atoms with Crippen LogP contribution in [0, 0.1) is 13.8 Å². The summed E-state index contributed by atoms with van der Waals surface area (Å²) in [5.74, 6) is 0.0300. The molecular formula is C22H28ClN3OS. The summed E-state index contributed by atoms with van der Waals surface area (Å²) in [7, 11) is 0. The lowest BCUT2D eigenvalue weighted by molar-refractivity contribution is 0.0983. The van der Waals surface area contributed by atoms with Gasteiger partial charge in [0.15, 0.2) is 5.13 Å². The van der Waals surface area contributed by atoms with Crippen LogP contribution in [-0.4, -0.2) is 42.0 Å². The van der Waals surface area contributed by atoms with Crippen molar-refractivity contribution in [1.82, 2.24) is 9.88 Å². The van der Waals surface area contributed by atoms with E-state index in [1.807, 2.05) is 55.1 Å². The minimum absolute atomic E-state index is 0. The number of hydrogen-bond donors (Lipinski definition) is 0. The van der Waals surface area contributed by atoms with E-state index in [-0.39, 0.29) is 18.3 Å². The number of rotatable bonds is 7. The minimum Gasteiger partial charge on any atom is -0.302 e. The van der Waals surface area contributed by atoms with E-state index < -0.39 is 0 Å². The van der Waals surface area contributed by atoms with Crippen LogP contribution >= 0.6 is 23.7 Å². The monoisotopic (exact) mass is 417 g/mol. The molecule has 0 saturated carbocycles. The van der Waals surface area contributed by atoms with Gasteiger partial charge in [0.1, 0.15) is 0 Å². The zero-order valence-electron chi connectivity index (χ0n) is 16.9. The molecule has 0 radical (unpaired) electrons. The molecule has 6 heteroatoms. The molecule has 28 heavy (non-hydrogen) atoms. The molecule has 0 atom stereocenters. The van der Waals surface area contributed by atoms with E-state index in [0.29, 0.717) is 6.54 Å². The molecule has 3 aromatic rings. The maximum atomic E-state index is 13.5. The molecule has 0 saturated heterocycles. The summed E-state index contributed by atoms with van der Waals surface area (Å²) in [6, 6.07) is 14.1. The van der Waals surface area contributed by atoms with Gasteiger partial charge >= 0.3 is 0 Å². The second kappa shape index (κ2) is 10.0. The first-order valence-electron chi connectivity index (χ1n) is 9.50. The van der Waals surface area contributed by atoms with Gasteiger partial charge in [-0.1, -0.05) is 55.0 Å². The van der Waals surface area contributed by atoms with E-state index in [1.54, 1.807) is 11.3 Å². The molecule has 0 unspecified atom stereocenters. The Labute approximate surface area is 177 Å². The molecule has 2 aromatic carbocycles. The quantitative estimate of drug-likeness (QED) is 0.521. The Hall–Kier alpha value is -1.95. The molecule has 0 N–H and O–H groups in total. The minimum atomic E-state index is 0. The van der Waals surface area contributed by atoms with Crippen LogP contribution in [0.15, 0.2) is 42.5 Å². The highest BCUT2D eigenvalue weighted by Crippen LogP contribution is 2.30. The number of para-hydroxylation sites is 1. The van der Waals surface area contributed by atoms with Crippen molar-refractivity contribution < 1.29 is 4.79 Å². The Morgan fingerprint density at radius 2 is 1.75 bits per heavy atom. The van der Waals surface area contributed by atoms with E-state index >= 15 is 0 Å². The molecule has 4 nitrogen and oxygen atoms in total. The summed E-state index contributed by atoms with van der Waals surface area (Å²) in [4.78, 5) is 22.4.